The van der Waals surface area contributed by atoms with Crippen LogP contribution in [-0.2, 0) is 26.8 Å². The van der Waals surface area contributed by atoms with Crippen LogP contribution >= 0.6 is 0 Å². The number of likely N-dealkylation sites (tertiary alicyclic amines) is 2. The van der Waals surface area contributed by atoms with E-state index in [1.54, 1.807) is 28.6 Å². The highest BCUT2D eigenvalue weighted by Crippen LogP contribution is 2.54. The number of amides is 4. The van der Waals surface area contributed by atoms with E-state index < -0.39 is 27.8 Å². The molecule has 1 aliphatic carbocycles. The number of halogens is 1. The number of hydrogen-bond donors (Lipinski definition) is 2. The highest BCUT2D eigenvalue weighted by Gasteiger charge is 2.47. The molecule has 0 radical (unpaired) electrons. The third-order valence-electron chi connectivity index (χ3n) is 13.8. The molecule has 4 aliphatic rings. The van der Waals surface area contributed by atoms with E-state index in [0.29, 0.717) is 36.9 Å². The van der Waals surface area contributed by atoms with Gasteiger partial charge in [0.05, 0.1) is 35.0 Å². The number of imide groups is 1. The molecule has 2 N–H and O–H groups in total. The van der Waals surface area contributed by atoms with Gasteiger partial charge >= 0.3 is 16.2 Å². The minimum atomic E-state index is -4.02. The molecule has 20 heteroatoms. The number of hydrogen-bond acceptors (Lipinski definition) is 11. The Morgan fingerprint density at radius 1 is 1.03 bits per heavy atom. The highest BCUT2D eigenvalue weighted by molar-refractivity contribution is 7.90. The SMILES string of the molecule is CCN(C)S(=O)(=O)Nc1ccc(F)c(Oc2ccc3ncn(C4CC5(CCN(C(=O)CN6CCC(c7ccc8c(N9CCC(=O)NC9=O)nn(C)c8c7)CC6)CC5)C4)c(=O)c3c2)c1C#N. The van der Waals surface area contributed by atoms with Gasteiger partial charge in [-0.1, -0.05) is 13.0 Å². The van der Waals surface area contributed by atoms with Crippen LogP contribution in [0.1, 0.15) is 75.0 Å². The van der Waals surface area contributed by atoms with Gasteiger partial charge in [0.2, 0.25) is 11.8 Å². The predicted molar refractivity (Wildman–Crippen MR) is 239 cm³/mol. The maximum atomic E-state index is 15.1. The number of benzene rings is 3. The average Bonchev–Trinajstić information content (AvgIpc) is 3.61. The number of nitrogens with zero attached hydrogens (tertiary/aromatic N) is 9. The molecule has 5 heterocycles. The first kappa shape index (κ1) is 43.8. The summed E-state index contributed by atoms with van der Waals surface area (Å²) in [6.45, 7) is 5.41. The second-order valence-electron chi connectivity index (χ2n) is 17.6. The van der Waals surface area contributed by atoms with Crippen molar-refractivity contribution in [3.8, 4) is 17.6 Å². The predicted octanol–water partition coefficient (Wildman–Crippen LogP) is 4.96. The lowest BCUT2D eigenvalue weighted by Crippen LogP contribution is -2.52. The van der Waals surface area contributed by atoms with Crippen molar-refractivity contribution in [1.82, 2.24) is 38.8 Å². The number of nitrogens with one attached hydrogen (secondary N) is 2. The number of rotatable bonds is 11. The third-order valence-corrected chi connectivity index (χ3v) is 15.3. The first-order valence-electron chi connectivity index (χ1n) is 21.9. The summed E-state index contributed by atoms with van der Waals surface area (Å²) >= 11 is 0. The number of urea groups is 1. The van der Waals surface area contributed by atoms with Crippen molar-refractivity contribution in [3.63, 3.8) is 0 Å². The van der Waals surface area contributed by atoms with Gasteiger partial charge in [0.25, 0.3) is 5.56 Å². The fourth-order valence-corrected chi connectivity index (χ4v) is 10.7. The summed E-state index contributed by atoms with van der Waals surface area (Å²) in [6, 6.07) is 14.2. The molecule has 65 heavy (non-hydrogen) atoms. The zero-order valence-electron chi connectivity index (χ0n) is 36.4. The fraction of sp³-hybridized carbons (Fsp3) is 0.444. The summed E-state index contributed by atoms with van der Waals surface area (Å²) in [5, 5.41) is 18.0. The largest absolute Gasteiger partial charge is 0.453 e. The lowest BCUT2D eigenvalue weighted by atomic mass is 9.60. The smallest absolute Gasteiger partial charge is 0.329 e. The van der Waals surface area contributed by atoms with Gasteiger partial charge in [-0.25, -0.2) is 14.2 Å². The van der Waals surface area contributed by atoms with Crippen LogP contribution in [-0.4, -0.2) is 113 Å². The van der Waals surface area contributed by atoms with E-state index in [1.807, 2.05) is 24.1 Å². The van der Waals surface area contributed by atoms with Crippen LogP contribution in [0.3, 0.4) is 0 Å². The van der Waals surface area contributed by atoms with Gasteiger partial charge in [0, 0.05) is 58.1 Å². The minimum absolute atomic E-state index is 0.0256. The molecule has 4 fully saturated rings. The van der Waals surface area contributed by atoms with Crippen molar-refractivity contribution in [3.05, 3.63) is 82.2 Å². The second-order valence-corrected chi connectivity index (χ2v) is 19.4. The van der Waals surface area contributed by atoms with Crippen molar-refractivity contribution in [2.45, 2.75) is 63.8 Å². The Morgan fingerprint density at radius 3 is 2.49 bits per heavy atom. The van der Waals surface area contributed by atoms with Crippen LogP contribution in [0.2, 0.25) is 0 Å². The standard InChI is InChI=1S/C45H50FN11O7S/c1-4-52(2)65(62,63)51-37-10-8-35(46)41(34(37)25-47)64-31-6-9-36-33(22-31)43(60)57(27-48-36)30-23-45(24-30)14-19-55(20-15-45)40(59)26-54-16-11-28(12-17-54)29-5-7-32-38(21-29)53(3)50-42(32)56-18-13-39(58)49-44(56)61/h5-10,21-22,27-28,30,51H,4,11-20,23-24,26H2,1-3H3,(H,49,58,61). The maximum absolute atomic E-state index is 15.1. The molecule has 9 rings (SSSR count). The first-order valence-corrected chi connectivity index (χ1v) is 23.3. The van der Waals surface area contributed by atoms with E-state index in [4.69, 9.17) is 4.74 Å². The Balaban J connectivity index is 0.781. The molecule has 5 aromatic rings. The summed E-state index contributed by atoms with van der Waals surface area (Å²) in [5.41, 5.74) is 1.78. The average molecular weight is 908 g/mol. The Hall–Kier alpha value is -6.43. The van der Waals surface area contributed by atoms with Crippen LogP contribution < -0.4 is 25.2 Å². The summed E-state index contributed by atoms with van der Waals surface area (Å²) in [7, 11) is -0.794. The monoisotopic (exact) mass is 907 g/mol. The van der Waals surface area contributed by atoms with E-state index in [9.17, 15) is 32.9 Å². The van der Waals surface area contributed by atoms with Crippen molar-refractivity contribution in [1.29, 1.82) is 5.26 Å². The third kappa shape index (κ3) is 8.39. The number of nitriles is 1. The van der Waals surface area contributed by atoms with E-state index >= 15 is 4.39 Å². The summed E-state index contributed by atoms with van der Waals surface area (Å²) < 4.78 is 53.0. The number of ether oxygens (including phenoxy) is 1. The van der Waals surface area contributed by atoms with E-state index in [2.05, 4.69) is 37.2 Å². The Morgan fingerprint density at radius 2 is 1.78 bits per heavy atom. The number of piperidine rings is 2. The number of anilines is 2. The van der Waals surface area contributed by atoms with Crippen LogP contribution in [0.25, 0.3) is 21.8 Å². The van der Waals surface area contributed by atoms with Crippen LogP contribution in [0.15, 0.2) is 59.7 Å². The van der Waals surface area contributed by atoms with Crippen molar-refractivity contribution in [2.24, 2.45) is 12.5 Å². The van der Waals surface area contributed by atoms with Gasteiger partial charge in [-0.05, 0) is 111 Å². The summed E-state index contributed by atoms with van der Waals surface area (Å²) in [4.78, 5) is 61.9. The topological polar surface area (TPSA) is 208 Å². The summed E-state index contributed by atoms with van der Waals surface area (Å²) in [6.07, 6.45) is 6.86. The number of fused-ring (bicyclic) bond motifs is 2. The summed E-state index contributed by atoms with van der Waals surface area (Å²) in [5.74, 6) is -0.570. The van der Waals surface area contributed by atoms with Crippen LogP contribution in [0, 0.1) is 22.6 Å². The molecule has 4 amide bonds. The van der Waals surface area contributed by atoms with Gasteiger partial charge in [-0.15, -0.1) is 0 Å². The number of aromatic nitrogens is 4. The van der Waals surface area contributed by atoms with E-state index in [0.717, 1.165) is 79.0 Å². The molecule has 1 saturated carbocycles. The Kier molecular flexibility index (Phi) is 11.6. The maximum Gasteiger partial charge on any atom is 0.329 e. The van der Waals surface area contributed by atoms with Crippen molar-refractivity contribution in [2.75, 3.05) is 62.5 Å². The molecule has 3 saturated heterocycles. The molecule has 1 spiro atoms. The highest BCUT2D eigenvalue weighted by atomic mass is 32.2. The molecule has 0 atom stereocenters. The van der Waals surface area contributed by atoms with Gasteiger partial charge in [-0.2, -0.15) is 23.1 Å². The quantitative estimate of drug-likeness (QED) is 0.181. The Labute approximate surface area is 374 Å². The van der Waals surface area contributed by atoms with Crippen molar-refractivity contribution < 1.29 is 31.9 Å². The molecule has 340 valence electrons. The van der Waals surface area contributed by atoms with Gasteiger partial charge in [0.15, 0.2) is 17.4 Å². The van der Waals surface area contributed by atoms with Gasteiger partial charge in [0.1, 0.15) is 17.4 Å². The van der Waals surface area contributed by atoms with Gasteiger partial charge in [-0.3, -0.25) is 43.5 Å². The molecule has 3 aromatic carbocycles. The second kappa shape index (κ2) is 17.2. The number of carbonyl (C=O) groups excluding carboxylic acids is 3. The minimum Gasteiger partial charge on any atom is -0.453 e. The van der Waals surface area contributed by atoms with Crippen LogP contribution in [0.5, 0.6) is 11.5 Å². The normalized spacial score (nSPS) is 18.6. The van der Waals surface area contributed by atoms with Gasteiger partial charge < -0.3 is 9.64 Å². The van der Waals surface area contributed by atoms with E-state index in [-0.39, 0.29) is 70.7 Å². The van der Waals surface area contributed by atoms with Crippen molar-refractivity contribution >= 4 is 61.4 Å². The molecule has 3 aliphatic heterocycles. The lowest BCUT2D eigenvalue weighted by Gasteiger charge is -2.52. The zero-order valence-corrected chi connectivity index (χ0v) is 37.2. The molecule has 0 bridgehead atoms. The lowest BCUT2D eigenvalue weighted by molar-refractivity contribution is -0.136. The molecule has 2 aromatic heterocycles. The van der Waals surface area contributed by atoms with Crippen LogP contribution in [0.4, 0.5) is 20.7 Å². The fourth-order valence-electron chi connectivity index (χ4n) is 9.76. The molecule has 18 nitrogen and oxygen atoms in total. The molecule has 0 unspecified atom stereocenters. The number of aryl methyl sites for hydroxylation is 1. The van der Waals surface area contributed by atoms with E-state index in [1.165, 1.54) is 29.6 Å². The molecular formula is C45H50FN11O7S. The Bertz CT molecular complexity index is 2940. The first-order chi connectivity index (χ1) is 31.2. The molecular weight excluding hydrogens is 858 g/mol. The zero-order chi connectivity index (χ0) is 45.8. The number of carbonyl (C=O) groups is 3.